The highest BCUT2D eigenvalue weighted by molar-refractivity contribution is 5.68. The van der Waals surface area contributed by atoms with Gasteiger partial charge in [0.2, 0.25) is 0 Å². The molecule has 1 aliphatic carbocycles. The van der Waals surface area contributed by atoms with E-state index in [1.807, 2.05) is 18.2 Å². The second kappa shape index (κ2) is 6.96. The molecule has 5 nitrogen and oxygen atoms in total. The van der Waals surface area contributed by atoms with Gasteiger partial charge in [0.15, 0.2) is 0 Å². The van der Waals surface area contributed by atoms with Gasteiger partial charge in [-0.3, -0.25) is 4.79 Å². The molecule has 1 aliphatic rings. The van der Waals surface area contributed by atoms with Gasteiger partial charge in [-0.2, -0.15) is 0 Å². The first-order valence-corrected chi connectivity index (χ1v) is 7.91. The summed E-state index contributed by atoms with van der Waals surface area (Å²) in [5.74, 6) is 0.774. The zero-order chi connectivity index (χ0) is 15.7. The van der Waals surface area contributed by atoms with Crippen LogP contribution in [0.5, 0.6) is 0 Å². The maximum absolute atomic E-state index is 11.1. The molecule has 1 aromatic heterocycles. The first kappa shape index (κ1) is 17.2. The fourth-order valence-electron chi connectivity index (χ4n) is 3.41. The molecule has 0 bridgehead atoms. The van der Waals surface area contributed by atoms with Gasteiger partial charge in [0.1, 0.15) is 5.82 Å². The van der Waals surface area contributed by atoms with Gasteiger partial charge >= 0.3 is 5.97 Å². The van der Waals surface area contributed by atoms with Crippen molar-refractivity contribution in [3.63, 3.8) is 0 Å². The quantitative estimate of drug-likeness (QED) is 0.879. The molecule has 124 valence electrons. The minimum atomic E-state index is -0.726. The summed E-state index contributed by atoms with van der Waals surface area (Å²) >= 11 is 0. The molecule has 1 aromatic carbocycles. The first-order valence-electron chi connectivity index (χ1n) is 7.91. The summed E-state index contributed by atoms with van der Waals surface area (Å²) < 4.78 is 2.26. The van der Waals surface area contributed by atoms with Crippen molar-refractivity contribution in [2.45, 2.75) is 51.5 Å². The smallest absolute Gasteiger partial charge is 0.304 e. The van der Waals surface area contributed by atoms with E-state index in [0.717, 1.165) is 36.6 Å². The van der Waals surface area contributed by atoms with E-state index < -0.39 is 5.97 Å². The van der Waals surface area contributed by atoms with Crippen LogP contribution in [0.1, 0.15) is 61.3 Å². The highest BCUT2D eigenvalue weighted by Crippen LogP contribution is 2.37. The van der Waals surface area contributed by atoms with Crippen LogP contribution >= 0.6 is 0 Å². The monoisotopic (exact) mass is 315 g/mol. The summed E-state index contributed by atoms with van der Waals surface area (Å²) in [4.78, 5) is 16.0. The van der Waals surface area contributed by atoms with Crippen LogP contribution in [0.4, 0.5) is 0 Å². The number of imidazole rings is 1. The van der Waals surface area contributed by atoms with Crippen LogP contribution in [0.25, 0.3) is 0 Å². The molecule has 0 saturated carbocycles. The van der Waals surface area contributed by atoms with Crippen molar-refractivity contribution in [1.29, 1.82) is 0 Å². The number of carboxylic acids is 1. The lowest BCUT2D eigenvalue weighted by Gasteiger charge is -2.17. The highest BCUT2D eigenvalue weighted by Gasteiger charge is 2.32. The SMILES string of the molecule is CC(C)c1nc2c(n1Cc1ccccc1)C(CC(=O)O)CC2.N. The van der Waals surface area contributed by atoms with Gasteiger partial charge in [-0.05, 0) is 18.4 Å². The van der Waals surface area contributed by atoms with E-state index in [-0.39, 0.29) is 18.5 Å². The molecular formula is C18H25N3O2. The molecule has 0 radical (unpaired) electrons. The number of aryl methyl sites for hydroxylation is 1. The molecule has 0 aliphatic heterocycles. The van der Waals surface area contributed by atoms with Gasteiger partial charge in [0.05, 0.1) is 12.1 Å². The molecule has 2 aromatic rings. The zero-order valence-electron chi connectivity index (χ0n) is 13.8. The molecule has 23 heavy (non-hydrogen) atoms. The molecule has 0 spiro atoms. The molecule has 0 saturated heterocycles. The van der Waals surface area contributed by atoms with E-state index in [0.29, 0.717) is 5.92 Å². The average molecular weight is 315 g/mol. The number of hydrogen-bond donors (Lipinski definition) is 2. The molecule has 5 heteroatoms. The van der Waals surface area contributed by atoms with E-state index in [9.17, 15) is 4.79 Å². The Bertz CT molecular complexity index is 677. The fraction of sp³-hybridized carbons (Fsp3) is 0.444. The van der Waals surface area contributed by atoms with Gasteiger partial charge in [0, 0.05) is 24.1 Å². The molecule has 4 N–H and O–H groups in total. The molecule has 1 atom stereocenters. The summed E-state index contributed by atoms with van der Waals surface area (Å²) in [5, 5.41) is 9.17. The number of rotatable bonds is 5. The maximum atomic E-state index is 11.1. The van der Waals surface area contributed by atoms with Crippen LogP contribution < -0.4 is 6.15 Å². The minimum absolute atomic E-state index is 0. The van der Waals surface area contributed by atoms with E-state index in [1.54, 1.807) is 0 Å². The van der Waals surface area contributed by atoms with Crippen molar-refractivity contribution < 1.29 is 9.90 Å². The van der Waals surface area contributed by atoms with Gasteiger partial charge in [-0.1, -0.05) is 44.2 Å². The Balaban J connectivity index is 0.00000192. The Morgan fingerprint density at radius 1 is 1.35 bits per heavy atom. The van der Waals surface area contributed by atoms with Gasteiger partial charge < -0.3 is 15.8 Å². The normalized spacial score (nSPS) is 16.2. The number of benzene rings is 1. The Morgan fingerprint density at radius 3 is 2.65 bits per heavy atom. The first-order chi connectivity index (χ1) is 10.6. The Kier molecular flexibility index (Phi) is 5.21. The molecule has 0 amide bonds. The second-order valence-corrected chi connectivity index (χ2v) is 6.36. The van der Waals surface area contributed by atoms with Gasteiger partial charge in [-0.15, -0.1) is 0 Å². The van der Waals surface area contributed by atoms with Crippen molar-refractivity contribution in [3.8, 4) is 0 Å². The number of carboxylic acid groups (broad SMARTS) is 1. The fourth-order valence-corrected chi connectivity index (χ4v) is 3.41. The molecular weight excluding hydrogens is 290 g/mol. The number of aromatic nitrogens is 2. The topological polar surface area (TPSA) is 90.1 Å². The van der Waals surface area contributed by atoms with Crippen LogP contribution in [0.3, 0.4) is 0 Å². The van der Waals surface area contributed by atoms with E-state index >= 15 is 0 Å². The van der Waals surface area contributed by atoms with Crippen molar-refractivity contribution in [1.82, 2.24) is 15.7 Å². The highest BCUT2D eigenvalue weighted by atomic mass is 16.4. The summed E-state index contributed by atoms with van der Waals surface area (Å²) in [6.07, 6.45) is 2.00. The molecule has 0 fully saturated rings. The number of carbonyl (C=O) groups is 1. The lowest BCUT2D eigenvalue weighted by Crippen LogP contribution is -2.13. The predicted octanol–water partition coefficient (Wildman–Crippen LogP) is 3.72. The van der Waals surface area contributed by atoms with Crippen molar-refractivity contribution in [2.75, 3.05) is 0 Å². The number of hydrogen-bond acceptors (Lipinski definition) is 3. The van der Waals surface area contributed by atoms with Crippen molar-refractivity contribution in [2.24, 2.45) is 0 Å². The van der Waals surface area contributed by atoms with E-state index in [2.05, 4.69) is 30.5 Å². The molecule has 1 heterocycles. The van der Waals surface area contributed by atoms with Crippen molar-refractivity contribution in [3.05, 3.63) is 53.1 Å². The number of nitrogens with zero attached hydrogens (tertiary/aromatic N) is 2. The zero-order valence-corrected chi connectivity index (χ0v) is 13.8. The standard InChI is InChI=1S/C18H22N2O2.H3N/c1-12(2)18-19-15-9-8-14(10-16(21)22)17(15)20(18)11-13-6-4-3-5-7-13;/h3-7,12,14H,8-11H2,1-2H3,(H,21,22);1H3. The van der Waals surface area contributed by atoms with Gasteiger partial charge in [0.25, 0.3) is 0 Å². The largest absolute Gasteiger partial charge is 0.481 e. The number of aliphatic carboxylic acids is 1. The van der Waals surface area contributed by atoms with Crippen LogP contribution in [0.15, 0.2) is 30.3 Å². The van der Waals surface area contributed by atoms with Crippen LogP contribution in [-0.4, -0.2) is 20.6 Å². The summed E-state index contributed by atoms with van der Waals surface area (Å²) in [5.41, 5.74) is 3.48. The lowest BCUT2D eigenvalue weighted by atomic mass is 10.0. The number of fused-ring (bicyclic) bond motifs is 1. The maximum Gasteiger partial charge on any atom is 0.304 e. The minimum Gasteiger partial charge on any atom is -0.481 e. The third-order valence-electron chi connectivity index (χ3n) is 4.35. The molecule has 3 rings (SSSR count). The summed E-state index contributed by atoms with van der Waals surface area (Å²) in [6.45, 7) is 5.06. The van der Waals surface area contributed by atoms with Crippen LogP contribution in [0.2, 0.25) is 0 Å². The summed E-state index contributed by atoms with van der Waals surface area (Å²) in [7, 11) is 0. The van der Waals surface area contributed by atoms with Gasteiger partial charge in [-0.25, -0.2) is 4.98 Å². The van der Waals surface area contributed by atoms with E-state index in [1.165, 1.54) is 5.56 Å². The molecule has 1 unspecified atom stereocenters. The Labute approximate surface area is 136 Å². The lowest BCUT2D eigenvalue weighted by molar-refractivity contribution is -0.137. The Hall–Kier alpha value is -2.14. The summed E-state index contributed by atoms with van der Waals surface area (Å²) in [6, 6.07) is 10.3. The third-order valence-corrected chi connectivity index (χ3v) is 4.35. The average Bonchev–Trinajstić information content (AvgIpc) is 3.01. The third kappa shape index (κ3) is 3.45. The van der Waals surface area contributed by atoms with E-state index in [4.69, 9.17) is 10.1 Å². The van der Waals surface area contributed by atoms with Crippen LogP contribution in [0, 0.1) is 0 Å². The van der Waals surface area contributed by atoms with Crippen LogP contribution in [-0.2, 0) is 17.8 Å². The van der Waals surface area contributed by atoms with Crippen molar-refractivity contribution >= 4 is 5.97 Å². The predicted molar refractivity (Wildman–Crippen MR) is 90.2 cm³/mol. The Morgan fingerprint density at radius 2 is 2.04 bits per heavy atom. The second-order valence-electron chi connectivity index (χ2n) is 6.36.